The number of para-hydroxylation sites is 1. The molecule has 4 N–H and O–H groups in total. The number of aliphatic hydroxyl groups is 1. The van der Waals surface area contributed by atoms with Crippen LogP contribution in [0.1, 0.15) is 10.4 Å². The summed E-state index contributed by atoms with van der Waals surface area (Å²) in [5.74, 6) is -1.35. The van der Waals surface area contributed by atoms with Gasteiger partial charge in [-0.05, 0) is 12.1 Å². The van der Waals surface area contributed by atoms with Crippen molar-refractivity contribution in [2.45, 2.75) is 6.10 Å². The number of rotatable bonds is 4. The van der Waals surface area contributed by atoms with E-state index in [-0.39, 0.29) is 22.8 Å². The molecular weight excluding hydrogens is 260 g/mol. The molecule has 0 heterocycles. The SMILES string of the molecule is COC(=O)C(O)CNC(=O)c1cccc(Cl)c1N. The summed E-state index contributed by atoms with van der Waals surface area (Å²) < 4.78 is 4.31. The first kappa shape index (κ1) is 14.3. The highest BCUT2D eigenvalue weighted by Crippen LogP contribution is 2.22. The fraction of sp³-hybridized carbons (Fsp3) is 0.273. The molecule has 7 heteroatoms. The number of carbonyl (C=O) groups is 2. The third-order valence-corrected chi connectivity index (χ3v) is 2.56. The van der Waals surface area contributed by atoms with Crippen molar-refractivity contribution in [3.8, 4) is 0 Å². The summed E-state index contributed by atoms with van der Waals surface area (Å²) in [5.41, 5.74) is 5.95. The first-order valence-electron chi connectivity index (χ1n) is 5.05. The topological polar surface area (TPSA) is 102 Å². The van der Waals surface area contributed by atoms with Gasteiger partial charge in [-0.3, -0.25) is 4.79 Å². The standard InChI is InChI=1S/C11H13ClN2O4/c1-18-11(17)8(15)5-14-10(16)6-3-2-4-7(12)9(6)13/h2-4,8,15H,5,13H2,1H3,(H,14,16). The molecule has 98 valence electrons. The lowest BCUT2D eigenvalue weighted by Gasteiger charge is -2.11. The molecule has 0 fully saturated rings. The summed E-state index contributed by atoms with van der Waals surface area (Å²) in [7, 11) is 1.14. The van der Waals surface area contributed by atoms with Gasteiger partial charge in [-0.25, -0.2) is 4.79 Å². The van der Waals surface area contributed by atoms with Crippen molar-refractivity contribution in [1.29, 1.82) is 0 Å². The number of methoxy groups -OCH3 is 1. The fourth-order valence-electron chi connectivity index (χ4n) is 1.24. The van der Waals surface area contributed by atoms with Crippen LogP contribution in [0.2, 0.25) is 5.02 Å². The van der Waals surface area contributed by atoms with Gasteiger partial charge in [-0.2, -0.15) is 0 Å². The van der Waals surface area contributed by atoms with Gasteiger partial charge in [0.05, 0.1) is 29.9 Å². The molecule has 0 saturated carbocycles. The van der Waals surface area contributed by atoms with Crippen molar-refractivity contribution in [3.63, 3.8) is 0 Å². The van der Waals surface area contributed by atoms with Gasteiger partial charge in [-0.15, -0.1) is 0 Å². The highest BCUT2D eigenvalue weighted by atomic mass is 35.5. The summed E-state index contributed by atoms with van der Waals surface area (Å²) in [6, 6.07) is 4.61. The highest BCUT2D eigenvalue weighted by Gasteiger charge is 2.18. The number of esters is 1. The molecule has 1 rings (SSSR count). The smallest absolute Gasteiger partial charge is 0.336 e. The maximum atomic E-state index is 11.7. The maximum Gasteiger partial charge on any atom is 0.336 e. The molecule has 1 atom stereocenters. The molecule has 0 aromatic heterocycles. The molecule has 6 nitrogen and oxygen atoms in total. The first-order valence-corrected chi connectivity index (χ1v) is 5.43. The normalized spacial score (nSPS) is 11.7. The van der Waals surface area contributed by atoms with Crippen LogP contribution in [-0.2, 0) is 9.53 Å². The molecule has 1 aromatic carbocycles. The predicted octanol–water partition coefficient (Wildman–Crippen LogP) is 0.186. The van der Waals surface area contributed by atoms with Crippen molar-refractivity contribution in [2.75, 3.05) is 19.4 Å². The quantitative estimate of drug-likeness (QED) is 0.536. The molecule has 0 spiro atoms. The number of amides is 1. The fourth-order valence-corrected chi connectivity index (χ4v) is 1.41. The van der Waals surface area contributed by atoms with Crippen LogP contribution in [-0.4, -0.2) is 36.7 Å². The zero-order valence-corrected chi connectivity index (χ0v) is 10.4. The summed E-state index contributed by atoms with van der Waals surface area (Å²) >= 11 is 5.77. The monoisotopic (exact) mass is 272 g/mol. The van der Waals surface area contributed by atoms with Crippen LogP contribution in [0.15, 0.2) is 18.2 Å². The molecular formula is C11H13ClN2O4. The molecule has 0 radical (unpaired) electrons. The number of nitrogens with two attached hydrogens (primary N) is 1. The molecule has 0 bridgehead atoms. The molecule has 0 saturated heterocycles. The Morgan fingerprint density at radius 2 is 2.22 bits per heavy atom. The van der Waals surface area contributed by atoms with Gasteiger partial charge in [0.2, 0.25) is 0 Å². The molecule has 18 heavy (non-hydrogen) atoms. The van der Waals surface area contributed by atoms with Crippen LogP contribution in [0.4, 0.5) is 5.69 Å². The van der Waals surface area contributed by atoms with E-state index in [9.17, 15) is 14.7 Å². The highest BCUT2D eigenvalue weighted by molar-refractivity contribution is 6.33. The Hall–Kier alpha value is -1.79. The number of halogens is 1. The van der Waals surface area contributed by atoms with Gasteiger partial charge >= 0.3 is 5.97 Å². The number of nitrogen functional groups attached to an aromatic ring is 1. The van der Waals surface area contributed by atoms with E-state index in [4.69, 9.17) is 17.3 Å². The number of aliphatic hydroxyl groups excluding tert-OH is 1. The Morgan fingerprint density at radius 3 is 2.83 bits per heavy atom. The maximum absolute atomic E-state index is 11.7. The number of benzene rings is 1. The number of nitrogens with one attached hydrogen (secondary N) is 1. The summed E-state index contributed by atoms with van der Waals surface area (Å²) in [5, 5.41) is 11.9. The Labute approximate surface area is 109 Å². The van der Waals surface area contributed by atoms with E-state index in [1.54, 1.807) is 12.1 Å². The van der Waals surface area contributed by atoms with E-state index in [1.807, 2.05) is 0 Å². The van der Waals surface area contributed by atoms with Gasteiger partial charge in [-0.1, -0.05) is 17.7 Å². The van der Waals surface area contributed by atoms with Crippen LogP contribution in [0, 0.1) is 0 Å². The summed E-state index contributed by atoms with van der Waals surface area (Å²) in [4.78, 5) is 22.6. The summed E-state index contributed by atoms with van der Waals surface area (Å²) in [6.45, 7) is -0.266. The molecule has 1 aromatic rings. The second-order valence-corrected chi connectivity index (χ2v) is 3.86. The van der Waals surface area contributed by atoms with Crippen LogP contribution < -0.4 is 11.1 Å². The van der Waals surface area contributed by atoms with Crippen LogP contribution in [0.5, 0.6) is 0 Å². The lowest BCUT2D eigenvalue weighted by atomic mass is 10.1. The third-order valence-electron chi connectivity index (χ3n) is 2.23. The van der Waals surface area contributed by atoms with Gasteiger partial charge in [0.25, 0.3) is 5.91 Å². The average molecular weight is 273 g/mol. The number of hydrogen-bond donors (Lipinski definition) is 3. The van der Waals surface area contributed by atoms with E-state index < -0.39 is 18.0 Å². The second kappa shape index (κ2) is 6.23. The Bertz CT molecular complexity index is 464. The molecule has 0 aliphatic rings. The number of anilines is 1. The third kappa shape index (κ3) is 3.35. The Morgan fingerprint density at radius 1 is 1.56 bits per heavy atom. The van der Waals surface area contributed by atoms with Gasteiger partial charge < -0.3 is 20.9 Å². The summed E-state index contributed by atoms with van der Waals surface area (Å²) in [6.07, 6.45) is -1.42. The van der Waals surface area contributed by atoms with E-state index in [2.05, 4.69) is 10.1 Å². The minimum Gasteiger partial charge on any atom is -0.467 e. The lowest BCUT2D eigenvalue weighted by molar-refractivity contribution is -0.149. The lowest BCUT2D eigenvalue weighted by Crippen LogP contribution is -2.37. The zero-order valence-electron chi connectivity index (χ0n) is 9.64. The van der Waals surface area contributed by atoms with E-state index in [1.165, 1.54) is 6.07 Å². The Kier molecular flexibility index (Phi) is 4.94. The van der Waals surface area contributed by atoms with E-state index in [0.29, 0.717) is 0 Å². The molecule has 1 amide bonds. The van der Waals surface area contributed by atoms with Crippen molar-refractivity contribution in [1.82, 2.24) is 5.32 Å². The van der Waals surface area contributed by atoms with Crippen molar-refractivity contribution in [3.05, 3.63) is 28.8 Å². The molecule has 1 unspecified atom stereocenters. The van der Waals surface area contributed by atoms with E-state index >= 15 is 0 Å². The largest absolute Gasteiger partial charge is 0.467 e. The Balaban J connectivity index is 2.66. The van der Waals surface area contributed by atoms with Gasteiger partial charge in [0.1, 0.15) is 0 Å². The van der Waals surface area contributed by atoms with Gasteiger partial charge in [0, 0.05) is 0 Å². The van der Waals surface area contributed by atoms with E-state index in [0.717, 1.165) is 7.11 Å². The minimum atomic E-state index is -1.42. The second-order valence-electron chi connectivity index (χ2n) is 3.45. The minimum absolute atomic E-state index is 0.143. The average Bonchev–Trinajstić information content (AvgIpc) is 2.37. The van der Waals surface area contributed by atoms with Crippen molar-refractivity contribution < 1.29 is 19.4 Å². The molecule has 0 aliphatic heterocycles. The number of hydrogen-bond acceptors (Lipinski definition) is 5. The number of ether oxygens (including phenoxy) is 1. The first-order chi connectivity index (χ1) is 8.47. The molecule has 0 aliphatic carbocycles. The van der Waals surface area contributed by atoms with Gasteiger partial charge in [0.15, 0.2) is 6.10 Å². The predicted molar refractivity (Wildman–Crippen MR) is 66.2 cm³/mol. The van der Waals surface area contributed by atoms with Crippen LogP contribution in [0.25, 0.3) is 0 Å². The zero-order chi connectivity index (χ0) is 13.7. The van der Waals surface area contributed by atoms with Crippen molar-refractivity contribution >= 4 is 29.2 Å². The van der Waals surface area contributed by atoms with Crippen LogP contribution >= 0.6 is 11.6 Å². The van der Waals surface area contributed by atoms with Crippen LogP contribution in [0.3, 0.4) is 0 Å². The van der Waals surface area contributed by atoms with Crippen molar-refractivity contribution in [2.24, 2.45) is 0 Å². The number of carbonyl (C=O) groups excluding carboxylic acids is 2.